The molecule has 0 fully saturated rings. The Hall–Kier alpha value is -1.49. The van der Waals surface area contributed by atoms with E-state index in [1.807, 2.05) is 30.3 Å². The van der Waals surface area contributed by atoms with Gasteiger partial charge in [0.15, 0.2) is 0 Å². The number of rotatable bonds is 12. The highest BCUT2D eigenvalue weighted by molar-refractivity contribution is 7.80. The van der Waals surface area contributed by atoms with E-state index in [1.54, 1.807) is 0 Å². The molecule has 4 nitrogen and oxygen atoms in total. The minimum absolute atomic E-state index is 0.0646. The van der Waals surface area contributed by atoms with E-state index in [0.717, 1.165) is 37.7 Å². The van der Waals surface area contributed by atoms with Crippen molar-refractivity contribution in [1.82, 2.24) is 5.32 Å². The van der Waals surface area contributed by atoms with Crippen LogP contribution in [0.15, 0.2) is 30.3 Å². The van der Waals surface area contributed by atoms with Crippen molar-refractivity contribution in [2.24, 2.45) is 5.92 Å². The molecule has 0 spiro atoms. The van der Waals surface area contributed by atoms with Crippen LogP contribution >= 0.6 is 12.6 Å². The molecule has 1 aromatic carbocycles. The van der Waals surface area contributed by atoms with Gasteiger partial charge >= 0.3 is 5.97 Å². The lowest BCUT2D eigenvalue weighted by molar-refractivity contribution is -0.137. The Morgan fingerprint density at radius 3 is 2.35 bits per heavy atom. The van der Waals surface area contributed by atoms with Gasteiger partial charge in [0.2, 0.25) is 5.91 Å². The number of thiol groups is 1. The van der Waals surface area contributed by atoms with E-state index in [2.05, 4.69) is 17.9 Å². The van der Waals surface area contributed by atoms with Crippen LogP contribution in [0, 0.1) is 5.92 Å². The maximum Gasteiger partial charge on any atom is 0.303 e. The number of nitrogens with one attached hydrogen (secondary N) is 1. The van der Waals surface area contributed by atoms with Crippen molar-refractivity contribution in [1.29, 1.82) is 0 Å². The molecule has 0 heterocycles. The molecule has 0 radical (unpaired) electrons. The fourth-order valence-electron chi connectivity index (χ4n) is 2.43. The van der Waals surface area contributed by atoms with E-state index < -0.39 is 5.97 Å². The van der Waals surface area contributed by atoms with E-state index in [9.17, 15) is 9.59 Å². The Kier molecular flexibility index (Phi) is 10.2. The summed E-state index contributed by atoms with van der Waals surface area (Å²) in [6.07, 6.45) is 5.61. The lowest BCUT2D eigenvalue weighted by Gasteiger charge is -2.14. The van der Waals surface area contributed by atoms with Gasteiger partial charge in [-0.15, -0.1) is 0 Å². The largest absolute Gasteiger partial charge is 0.481 e. The first-order valence-corrected chi connectivity index (χ1v) is 8.91. The minimum Gasteiger partial charge on any atom is -0.481 e. The zero-order chi connectivity index (χ0) is 16.9. The SMILES string of the molecule is O=C(O)CCCCCCCNC(=O)C(CS)Cc1ccccc1. The van der Waals surface area contributed by atoms with Gasteiger partial charge in [-0.3, -0.25) is 9.59 Å². The number of hydrogen-bond acceptors (Lipinski definition) is 3. The van der Waals surface area contributed by atoms with E-state index in [-0.39, 0.29) is 18.2 Å². The number of aliphatic carboxylic acids is 1. The third-order valence-electron chi connectivity index (χ3n) is 3.78. The Morgan fingerprint density at radius 1 is 1.04 bits per heavy atom. The van der Waals surface area contributed by atoms with Gasteiger partial charge in [-0.05, 0) is 24.8 Å². The standard InChI is InChI=1S/C18H27NO3S/c20-17(21)11-7-2-1-3-8-12-19-18(22)16(14-23)13-15-9-5-4-6-10-15/h4-6,9-10,16,23H,1-3,7-8,11-14H2,(H,19,22)(H,20,21). The number of carboxylic acids is 1. The molecular formula is C18H27NO3S. The van der Waals surface area contributed by atoms with Crippen molar-refractivity contribution in [3.05, 3.63) is 35.9 Å². The van der Waals surface area contributed by atoms with Crippen LogP contribution in [0.5, 0.6) is 0 Å². The molecular weight excluding hydrogens is 310 g/mol. The molecule has 1 atom stereocenters. The summed E-state index contributed by atoms with van der Waals surface area (Å²) in [5.41, 5.74) is 1.15. The molecule has 128 valence electrons. The van der Waals surface area contributed by atoms with Crippen LogP contribution in [0.2, 0.25) is 0 Å². The second-order valence-electron chi connectivity index (χ2n) is 5.77. The molecule has 0 aromatic heterocycles. The number of carbonyl (C=O) groups excluding carboxylic acids is 1. The van der Waals surface area contributed by atoms with E-state index in [4.69, 9.17) is 5.11 Å². The Bertz CT molecular complexity index is 465. The highest BCUT2D eigenvalue weighted by Gasteiger charge is 2.16. The predicted octanol–water partition coefficient (Wildman–Crippen LogP) is 3.32. The smallest absolute Gasteiger partial charge is 0.303 e. The topological polar surface area (TPSA) is 66.4 Å². The molecule has 1 aromatic rings. The molecule has 0 bridgehead atoms. The quantitative estimate of drug-likeness (QED) is 0.405. The lowest BCUT2D eigenvalue weighted by atomic mass is 10.00. The van der Waals surface area contributed by atoms with E-state index in [1.165, 1.54) is 0 Å². The van der Waals surface area contributed by atoms with Crippen molar-refractivity contribution in [3.8, 4) is 0 Å². The zero-order valence-corrected chi connectivity index (χ0v) is 14.4. The second kappa shape index (κ2) is 12.0. The van der Waals surface area contributed by atoms with Gasteiger partial charge in [-0.25, -0.2) is 0 Å². The van der Waals surface area contributed by atoms with Gasteiger partial charge in [0.25, 0.3) is 0 Å². The summed E-state index contributed by atoms with van der Waals surface area (Å²) in [7, 11) is 0. The van der Waals surface area contributed by atoms with Gasteiger partial charge in [0.1, 0.15) is 0 Å². The van der Waals surface area contributed by atoms with Crippen LogP contribution in [0.1, 0.15) is 44.1 Å². The average Bonchev–Trinajstić information content (AvgIpc) is 2.55. The molecule has 0 aliphatic carbocycles. The van der Waals surface area contributed by atoms with Gasteiger partial charge < -0.3 is 10.4 Å². The van der Waals surface area contributed by atoms with Gasteiger partial charge in [-0.1, -0.05) is 49.6 Å². The van der Waals surface area contributed by atoms with Crippen molar-refractivity contribution in [3.63, 3.8) is 0 Å². The van der Waals surface area contributed by atoms with Crippen LogP contribution in [0.25, 0.3) is 0 Å². The summed E-state index contributed by atoms with van der Waals surface area (Å²) < 4.78 is 0. The second-order valence-corrected chi connectivity index (χ2v) is 6.14. The first-order valence-electron chi connectivity index (χ1n) is 8.27. The van der Waals surface area contributed by atoms with Crippen LogP contribution in [0.3, 0.4) is 0 Å². The van der Waals surface area contributed by atoms with Crippen molar-refractivity contribution in [2.45, 2.75) is 44.9 Å². The fraction of sp³-hybridized carbons (Fsp3) is 0.556. The third-order valence-corrected chi connectivity index (χ3v) is 4.22. The summed E-state index contributed by atoms with van der Waals surface area (Å²) in [6.45, 7) is 0.677. The summed E-state index contributed by atoms with van der Waals surface area (Å²) in [5.74, 6) is -0.227. The average molecular weight is 337 g/mol. The highest BCUT2D eigenvalue weighted by atomic mass is 32.1. The van der Waals surface area contributed by atoms with Crippen LogP contribution in [-0.4, -0.2) is 29.3 Å². The molecule has 0 saturated heterocycles. The first kappa shape index (κ1) is 19.6. The van der Waals surface area contributed by atoms with E-state index >= 15 is 0 Å². The molecule has 23 heavy (non-hydrogen) atoms. The molecule has 1 rings (SSSR count). The first-order chi connectivity index (χ1) is 11.1. The van der Waals surface area contributed by atoms with E-state index in [0.29, 0.717) is 18.7 Å². The number of benzene rings is 1. The molecule has 0 aliphatic heterocycles. The Morgan fingerprint density at radius 2 is 1.70 bits per heavy atom. The lowest BCUT2D eigenvalue weighted by Crippen LogP contribution is -2.33. The summed E-state index contributed by atoms with van der Waals surface area (Å²) in [4.78, 5) is 22.5. The van der Waals surface area contributed by atoms with Gasteiger partial charge in [0, 0.05) is 18.7 Å². The highest BCUT2D eigenvalue weighted by Crippen LogP contribution is 2.11. The number of carboxylic acid groups (broad SMARTS) is 1. The zero-order valence-electron chi connectivity index (χ0n) is 13.5. The number of hydrogen-bond donors (Lipinski definition) is 3. The summed E-state index contributed by atoms with van der Waals surface area (Å²) >= 11 is 4.29. The summed E-state index contributed by atoms with van der Waals surface area (Å²) in [6, 6.07) is 9.98. The normalized spacial score (nSPS) is 11.9. The van der Waals surface area contributed by atoms with Crippen molar-refractivity contribution >= 4 is 24.5 Å². The van der Waals surface area contributed by atoms with Crippen molar-refractivity contribution in [2.75, 3.05) is 12.3 Å². The predicted molar refractivity (Wildman–Crippen MR) is 95.8 cm³/mol. The number of carbonyl (C=O) groups is 2. The van der Waals surface area contributed by atoms with Crippen molar-refractivity contribution < 1.29 is 14.7 Å². The number of unbranched alkanes of at least 4 members (excludes halogenated alkanes) is 4. The number of amides is 1. The molecule has 1 amide bonds. The Labute approximate surface area is 144 Å². The third kappa shape index (κ3) is 9.29. The van der Waals surface area contributed by atoms with Crippen LogP contribution in [0.4, 0.5) is 0 Å². The Balaban J connectivity index is 2.13. The summed E-state index contributed by atoms with van der Waals surface area (Å²) in [5, 5.41) is 11.5. The minimum atomic E-state index is -0.728. The maximum atomic E-state index is 12.2. The molecule has 1 unspecified atom stereocenters. The van der Waals surface area contributed by atoms with Gasteiger partial charge in [-0.2, -0.15) is 12.6 Å². The van der Waals surface area contributed by atoms with Crippen LogP contribution in [-0.2, 0) is 16.0 Å². The van der Waals surface area contributed by atoms with Crippen LogP contribution < -0.4 is 5.32 Å². The molecule has 5 heteroatoms. The molecule has 2 N–H and O–H groups in total. The maximum absolute atomic E-state index is 12.2. The van der Waals surface area contributed by atoms with Gasteiger partial charge in [0.05, 0.1) is 5.92 Å². The molecule has 0 aliphatic rings. The monoisotopic (exact) mass is 337 g/mol. The fourth-order valence-corrected chi connectivity index (χ4v) is 2.72. The molecule has 0 saturated carbocycles.